The maximum absolute atomic E-state index is 11.8. The van der Waals surface area contributed by atoms with Gasteiger partial charge in [0.05, 0.1) is 5.92 Å². The summed E-state index contributed by atoms with van der Waals surface area (Å²) in [6.07, 6.45) is 1.65. The Hall–Kier alpha value is -1.19. The maximum atomic E-state index is 11.8. The predicted octanol–water partition coefficient (Wildman–Crippen LogP) is 0.501. The van der Waals surface area contributed by atoms with Gasteiger partial charge in [0.25, 0.3) is 0 Å². The molecule has 4 rings (SSSR count). The number of carboxylic acid groups (broad SMARTS) is 1. The molecular weight excluding hydrogens is 196 g/mol. The lowest BCUT2D eigenvalue weighted by Crippen LogP contribution is -2.58. The van der Waals surface area contributed by atoms with Crippen molar-refractivity contribution in [2.75, 3.05) is 0 Å². The van der Waals surface area contributed by atoms with E-state index >= 15 is 0 Å². The predicted molar refractivity (Wildman–Crippen MR) is 49.0 cm³/mol. The fourth-order valence-electron chi connectivity index (χ4n) is 3.72. The Balaban J connectivity index is 2.03. The summed E-state index contributed by atoms with van der Waals surface area (Å²) < 4.78 is 0. The zero-order valence-corrected chi connectivity index (χ0v) is 8.18. The first-order chi connectivity index (χ1) is 7.09. The Morgan fingerprint density at radius 3 is 1.87 bits per heavy atom. The van der Waals surface area contributed by atoms with E-state index in [2.05, 4.69) is 0 Å². The Morgan fingerprint density at radius 1 is 1.00 bits per heavy atom. The van der Waals surface area contributed by atoms with Crippen molar-refractivity contribution in [1.29, 1.82) is 0 Å². The average molecular weight is 208 g/mol. The summed E-state index contributed by atoms with van der Waals surface area (Å²) in [6, 6.07) is 0. The van der Waals surface area contributed by atoms with Crippen molar-refractivity contribution < 1.29 is 19.5 Å². The van der Waals surface area contributed by atoms with Crippen LogP contribution in [0.5, 0.6) is 0 Å². The zero-order chi connectivity index (χ0) is 10.7. The van der Waals surface area contributed by atoms with Crippen LogP contribution < -0.4 is 0 Å². The first-order valence-corrected chi connectivity index (χ1v) is 5.40. The molecule has 80 valence electrons. The smallest absolute Gasteiger partial charge is 0.307 e. The van der Waals surface area contributed by atoms with E-state index in [1.807, 2.05) is 0 Å². The van der Waals surface area contributed by atoms with E-state index in [-0.39, 0.29) is 35.2 Å². The number of hydrogen-bond acceptors (Lipinski definition) is 3. The molecule has 0 spiro atoms. The molecule has 15 heavy (non-hydrogen) atoms. The van der Waals surface area contributed by atoms with Gasteiger partial charge in [-0.25, -0.2) is 0 Å². The van der Waals surface area contributed by atoms with Crippen molar-refractivity contribution >= 4 is 17.5 Å². The summed E-state index contributed by atoms with van der Waals surface area (Å²) in [5.74, 6) is -2.28. The SMILES string of the molecule is O=C(O)C1[C@@H]2C[C@H]3C[C@H](C[C@@H]1C3=O)C2=O. The van der Waals surface area contributed by atoms with Crippen LogP contribution in [0.3, 0.4) is 0 Å². The summed E-state index contributed by atoms with van der Waals surface area (Å²) in [7, 11) is 0. The first-order valence-electron chi connectivity index (χ1n) is 5.40. The highest BCUT2D eigenvalue weighted by molar-refractivity contribution is 6.00. The molecule has 0 aromatic heterocycles. The molecule has 0 aromatic rings. The van der Waals surface area contributed by atoms with E-state index < -0.39 is 11.9 Å². The van der Waals surface area contributed by atoms with Crippen LogP contribution in [0.1, 0.15) is 19.3 Å². The molecule has 4 nitrogen and oxygen atoms in total. The number of Topliss-reactive ketones (excluding diaryl/α,β-unsaturated/α-hetero) is 2. The van der Waals surface area contributed by atoms with Crippen LogP contribution in [0.15, 0.2) is 0 Å². The largest absolute Gasteiger partial charge is 0.481 e. The second-order valence-electron chi connectivity index (χ2n) is 4.98. The number of ketones is 2. The highest BCUT2D eigenvalue weighted by Crippen LogP contribution is 2.52. The van der Waals surface area contributed by atoms with Crippen LogP contribution in [0.2, 0.25) is 0 Å². The molecule has 4 bridgehead atoms. The van der Waals surface area contributed by atoms with Gasteiger partial charge in [-0.1, -0.05) is 0 Å². The van der Waals surface area contributed by atoms with Gasteiger partial charge < -0.3 is 5.11 Å². The molecule has 0 unspecified atom stereocenters. The topological polar surface area (TPSA) is 71.4 Å². The van der Waals surface area contributed by atoms with Crippen molar-refractivity contribution in [1.82, 2.24) is 0 Å². The molecule has 4 atom stereocenters. The maximum Gasteiger partial charge on any atom is 0.307 e. The minimum atomic E-state index is -0.967. The van der Waals surface area contributed by atoms with E-state index in [9.17, 15) is 14.4 Å². The lowest BCUT2D eigenvalue weighted by molar-refractivity contribution is -0.170. The van der Waals surface area contributed by atoms with E-state index in [4.69, 9.17) is 5.11 Å². The van der Waals surface area contributed by atoms with E-state index in [0.29, 0.717) is 19.3 Å². The summed E-state index contributed by atoms with van der Waals surface area (Å²) in [5.41, 5.74) is 0. The molecule has 4 saturated carbocycles. The second kappa shape index (κ2) is 2.68. The van der Waals surface area contributed by atoms with Crippen LogP contribution in [0, 0.1) is 29.6 Å². The molecule has 4 aliphatic carbocycles. The van der Waals surface area contributed by atoms with Gasteiger partial charge in [-0.05, 0) is 19.3 Å². The Bertz CT molecular complexity index is 345. The van der Waals surface area contributed by atoms with Gasteiger partial charge >= 0.3 is 5.97 Å². The molecule has 0 heterocycles. The van der Waals surface area contributed by atoms with E-state index in [1.54, 1.807) is 0 Å². The first kappa shape index (κ1) is 9.07. The van der Waals surface area contributed by atoms with Gasteiger partial charge in [0, 0.05) is 23.7 Å². The van der Waals surface area contributed by atoms with Crippen molar-refractivity contribution in [3.05, 3.63) is 0 Å². The third-order valence-electron chi connectivity index (χ3n) is 4.33. The number of carbonyl (C=O) groups is 3. The highest BCUT2D eigenvalue weighted by atomic mass is 16.4. The lowest BCUT2D eigenvalue weighted by atomic mass is 9.51. The monoisotopic (exact) mass is 208 g/mol. The number of aliphatic carboxylic acids is 1. The van der Waals surface area contributed by atoms with Gasteiger partial charge in [0.2, 0.25) is 0 Å². The standard InChI is InChI=1S/C11H12O4/c12-9-4-1-5-3-7(9)8(11(14)15)6(2-4)10(5)13/h4-8H,1-3H2,(H,14,15)/t4-,5-,6+,7+/m1/s1. The minimum absolute atomic E-state index is 0.0212. The average Bonchev–Trinajstić information content (AvgIpc) is 2.15. The third-order valence-corrected chi connectivity index (χ3v) is 4.33. The quantitative estimate of drug-likeness (QED) is 0.681. The normalized spacial score (nSPS) is 47.3. The number of hydrogen-bond donors (Lipinski definition) is 1. The number of rotatable bonds is 1. The van der Waals surface area contributed by atoms with Crippen LogP contribution in [0.4, 0.5) is 0 Å². The molecule has 4 heteroatoms. The molecule has 0 aromatic carbocycles. The van der Waals surface area contributed by atoms with Crippen molar-refractivity contribution in [3.8, 4) is 0 Å². The zero-order valence-electron chi connectivity index (χ0n) is 8.18. The Morgan fingerprint density at radius 2 is 1.47 bits per heavy atom. The molecule has 4 aliphatic rings. The van der Waals surface area contributed by atoms with Gasteiger partial charge in [0.1, 0.15) is 11.6 Å². The summed E-state index contributed by atoms with van der Waals surface area (Å²) in [6.45, 7) is 0. The Kier molecular flexibility index (Phi) is 1.62. The third kappa shape index (κ3) is 0.994. The number of carboxylic acids is 1. The minimum Gasteiger partial charge on any atom is -0.481 e. The Labute approximate surface area is 86.6 Å². The summed E-state index contributed by atoms with van der Waals surface area (Å²) >= 11 is 0. The van der Waals surface area contributed by atoms with Crippen molar-refractivity contribution in [2.24, 2.45) is 29.6 Å². The fourth-order valence-corrected chi connectivity index (χ4v) is 3.72. The van der Waals surface area contributed by atoms with Crippen molar-refractivity contribution in [2.45, 2.75) is 19.3 Å². The van der Waals surface area contributed by atoms with E-state index in [0.717, 1.165) is 0 Å². The van der Waals surface area contributed by atoms with Crippen LogP contribution in [0.25, 0.3) is 0 Å². The fraction of sp³-hybridized carbons (Fsp3) is 0.727. The number of carbonyl (C=O) groups excluding carboxylic acids is 2. The highest BCUT2D eigenvalue weighted by Gasteiger charge is 2.59. The molecule has 0 saturated heterocycles. The van der Waals surface area contributed by atoms with Gasteiger partial charge in [-0.2, -0.15) is 0 Å². The van der Waals surface area contributed by atoms with Crippen LogP contribution in [-0.4, -0.2) is 22.6 Å². The molecule has 0 radical (unpaired) electrons. The van der Waals surface area contributed by atoms with Gasteiger partial charge in [-0.3, -0.25) is 14.4 Å². The van der Waals surface area contributed by atoms with Gasteiger partial charge in [-0.15, -0.1) is 0 Å². The molecule has 1 N–H and O–H groups in total. The second-order valence-corrected chi connectivity index (χ2v) is 4.98. The lowest BCUT2D eigenvalue weighted by Gasteiger charge is -2.50. The van der Waals surface area contributed by atoms with Gasteiger partial charge in [0.15, 0.2) is 0 Å². The van der Waals surface area contributed by atoms with Crippen LogP contribution >= 0.6 is 0 Å². The molecule has 0 amide bonds. The van der Waals surface area contributed by atoms with Crippen LogP contribution in [-0.2, 0) is 14.4 Å². The molecule has 4 fully saturated rings. The molecule has 0 aliphatic heterocycles. The summed E-state index contributed by atoms with van der Waals surface area (Å²) in [4.78, 5) is 34.7. The molecular formula is C11H12O4. The van der Waals surface area contributed by atoms with Crippen molar-refractivity contribution in [3.63, 3.8) is 0 Å². The summed E-state index contributed by atoms with van der Waals surface area (Å²) in [5, 5.41) is 9.08. The van der Waals surface area contributed by atoms with E-state index in [1.165, 1.54) is 0 Å².